The minimum atomic E-state index is -4.27. The van der Waals surface area contributed by atoms with Crippen LogP contribution in [0.4, 0.5) is 13.2 Å². The predicted molar refractivity (Wildman–Crippen MR) is 57.3 cm³/mol. The van der Waals surface area contributed by atoms with E-state index < -0.39 is 11.7 Å². The van der Waals surface area contributed by atoms with Gasteiger partial charge in [-0.3, -0.25) is 0 Å². The Balaban J connectivity index is 3.01. The fraction of sp³-hybridized carbons (Fsp3) is 0.111. The third kappa shape index (κ3) is 2.85. The van der Waals surface area contributed by atoms with Crippen LogP contribution in [0.2, 0.25) is 0 Å². The Kier molecular flexibility index (Phi) is 3.78. The van der Waals surface area contributed by atoms with Gasteiger partial charge in [0.1, 0.15) is 0 Å². The number of hydrogen-bond donors (Lipinski definition) is 0. The summed E-state index contributed by atoms with van der Waals surface area (Å²) in [6.45, 7) is 0. The summed E-state index contributed by atoms with van der Waals surface area (Å²) in [6, 6.07) is 4.91. The van der Waals surface area contributed by atoms with Crippen molar-refractivity contribution in [1.29, 1.82) is 0 Å². The summed E-state index contributed by atoms with van der Waals surface area (Å²) in [5.41, 5.74) is 0.0472. The summed E-state index contributed by atoms with van der Waals surface area (Å²) in [5.74, 6) is 0. The summed E-state index contributed by atoms with van der Waals surface area (Å²) < 4.78 is 37.2. The molecule has 0 aromatic heterocycles. The summed E-state index contributed by atoms with van der Waals surface area (Å²) in [5, 5.41) is 0. The molecule has 0 fully saturated rings. The van der Waals surface area contributed by atoms with Gasteiger partial charge in [-0.05, 0) is 38.6 Å². The van der Waals surface area contributed by atoms with Crippen molar-refractivity contribution in [3.05, 3.63) is 40.4 Å². The van der Waals surface area contributed by atoms with Crippen LogP contribution < -0.4 is 0 Å². The van der Waals surface area contributed by atoms with Crippen molar-refractivity contribution >= 4 is 36.3 Å². The molecule has 0 atom stereocenters. The van der Waals surface area contributed by atoms with Gasteiger partial charge in [-0.15, -0.1) is 0 Å². The van der Waals surface area contributed by atoms with Crippen LogP contribution >= 0.6 is 31.9 Å². The van der Waals surface area contributed by atoms with Crippen molar-refractivity contribution in [3.63, 3.8) is 0 Å². The number of hydrogen-bond acceptors (Lipinski definition) is 0. The Labute approximate surface area is 96.1 Å². The molecule has 76 valence electrons. The minimum Gasteiger partial charge on any atom is -0.166 e. The Morgan fingerprint density at radius 2 is 1.64 bits per heavy atom. The van der Waals surface area contributed by atoms with Gasteiger partial charge in [-0.1, -0.05) is 28.1 Å². The number of benzene rings is 1. The van der Waals surface area contributed by atoms with Gasteiger partial charge in [-0.2, -0.15) is 13.2 Å². The molecule has 0 aliphatic heterocycles. The molecule has 0 amide bonds. The molecule has 1 aromatic rings. The van der Waals surface area contributed by atoms with Gasteiger partial charge < -0.3 is 0 Å². The minimum absolute atomic E-state index is 0.642. The third-order valence-electron chi connectivity index (χ3n) is 1.58. The van der Waals surface area contributed by atoms with E-state index in [9.17, 15) is 13.2 Å². The Morgan fingerprint density at radius 1 is 1.14 bits per heavy atom. The topological polar surface area (TPSA) is 0 Å². The lowest BCUT2D eigenvalue weighted by atomic mass is 10.1. The van der Waals surface area contributed by atoms with Gasteiger partial charge >= 0.3 is 6.18 Å². The van der Waals surface area contributed by atoms with Crippen molar-refractivity contribution in [2.24, 2.45) is 0 Å². The van der Waals surface area contributed by atoms with Crippen LogP contribution in [-0.2, 0) is 6.18 Å². The zero-order chi connectivity index (χ0) is 10.8. The largest absolute Gasteiger partial charge is 0.416 e. The Hall–Kier alpha value is -0.290. The molecule has 0 spiro atoms. The van der Waals surface area contributed by atoms with Crippen LogP contribution in [-0.4, -0.2) is 0 Å². The van der Waals surface area contributed by atoms with E-state index in [-0.39, 0.29) is 0 Å². The third-order valence-corrected chi connectivity index (χ3v) is 3.34. The van der Waals surface area contributed by atoms with E-state index in [0.29, 0.717) is 10.0 Å². The monoisotopic (exact) mass is 328 g/mol. The molecule has 0 unspecified atom stereocenters. The highest BCUT2D eigenvalue weighted by atomic mass is 79.9. The molecule has 0 aliphatic rings. The van der Waals surface area contributed by atoms with Gasteiger partial charge in [0.05, 0.1) is 5.56 Å². The lowest BCUT2D eigenvalue weighted by Gasteiger charge is -2.06. The first-order chi connectivity index (χ1) is 6.45. The second kappa shape index (κ2) is 4.49. The highest BCUT2D eigenvalue weighted by molar-refractivity contribution is 9.16. The second-order valence-electron chi connectivity index (χ2n) is 2.53. The first-order valence-electron chi connectivity index (χ1n) is 3.58. The molecule has 0 saturated carbocycles. The molecule has 1 rings (SSSR count). The van der Waals surface area contributed by atoms with E-state index >= 15 is 0 Å². The van der Waals surface area contributed by atoms with Crippen molar-refractivity contribution in [3.8, 4) is 0 Å². The van der Waals surface area contributed by atoms with E-state index in [1.54, 1.807) is 4.99 Å². The molecule has 0 nitrogen and oxygen atoms in total. The average molecular weight is 330 g/mol. The molecule has 5 heteroatoms. The first kappa shape index (κ1) is 11.8. The van der Waals surface area contributed by atoms with Crippen LogP contribution in [0, 0.1) is 0 Å². The summed E-state index contributed by atoms with van der Waals surface area (Å²) >= 11 is 6.27. The molecule has 1 aromatic carbocycles. The van der Waals surface area contributed by atoms with Crippen molar-refractivity contribution in [1.82, 2.24) is 0 Å². The quantitative estimate of drug-likeness (QED) is 0.694. The van der Waals surface area contributed by atoms with Crippen molar-refractivity contribution in [2.45, 2.75) is 6.18 Å². The summed E-state index contributed by atoms with van der Waals surface area (Å²) in [6.07, 6.45) is -4.27. The normalized spacial score (nSPS) is 13.1. The predicted octanol–water partition coefficient (Wildman–Crippen LogP) is 4.79. The molecule has 0 heterocycles. The Morgan fingerprint density at radius 3 is 2.00 bits per heavy atom. The van der Waals surface area contributed by atoms with Crippen LogP contribution in [0.15, 0.2) is 29.3 Å². The number of alkyl halides is 3. The molecule has 0 bridgehead atoms. The fourth-order valence-electron chi connectivity index (χ4n) is 0.881. The van der Waals surface area contributed by atoms with E-state index in [1.807, 2.05) is 0 Å². The lowest BCUT2D eigenvalue weighted by Crippen LogP contribution is -2.04. The van der Waals surface area contributed by atoms with Crippen LogP contribution in [0.1, 0.15) is 11.1 Å². The van der Waals surface area contributed by atoms with Crippen LogP contribution in [0.3, 0.4) is 0 Å². The summed E-state index contributed by atoms with van der Waals surface area (Å²) in [7, 11) is 0. The van der Waals surface area contributed by atoms with E-state index in [1.165, 1.54) is 12.1 Å². The highest BCUT2D eigenvalue weighted by Gasteiger charge is 2.29. The molecular formula is C9H5Br2F3. The average Bonchev–Trinajstić information content (AvgIpc) is 2.15. The smallest absolute Gasteiger partial charge is 0.166 e. The van der Waals surface area contributed by atoms with Crippen molar-refractivity contribution < 1.29 is 13.2 Å². The maximum Gasteiger partial charge on any atom is 0.416 e. The van der Waals surface area contributed by atoms with E-state index in [4.69, 9.17) is 0 Å². The standard InChI is InChI=1S/C9H5Br2F3/c10-5-8(11)6-1-3-7(4-2-6)9(12,13)14/h1-5H. The molecule has 14 heavy (non-hydrogen) atoms. The first-order valence-corrected chi connectivity index (χ1v) is 5.29. The zero-order valence-corrected chi connectivity index (χ0v) is 9.95. The van der Waals surface area contributed by atoms with Gasteiger partial charge in [0, 0.05) is 4.48 Å². The van der Waals surface area contributed by atoms with Crippen LogP contribution in [0.5, 0.6) is 0 Å². The van der Waals surface area contributed by atoms with Crippen LogP contribution in [0.25, 0.3) is 4.48 Å². The van der Waals surface area contributed by atoms with Gasteiger partial charge in [-0.25, -0.2) is 0 Å². The molecule has 0 radical (unpaired) electrons. The summed E-state index contributed by atoms with van der Waals surface area (Å²) in [4.78, 5) is 1.59. The number of halogens is 5. The molecule has 0 saturated heterocycles. The lowest BCUT2D eigenvalue weighted by molar-refractivity contribution is -0.137. The van der Waals surface area contributed by atoms with E-state index in [2.05, 4.69) is 31.9 Å². The zero-order valence-electron chi connectivity index (χ0n) is 6.78. The van der Waals surface area contributed by atoms with Crippen molar-refractivity contribution in [2.75, 3.05) is 0 Å². The maximum atomic E-state index is 12.2. The highest BCUT2D eigenvalue weighted by Crippen LogP contribution is 2.31. The molecule has 0 aliphatic carbocycles. The number of rotatable bonds is 1. The SMILES string of the molecule is FC(F)(F)c1ccc(C(Br)=CBr)cc1. The van der Waals surface area contributed by atoms with Gasteiger partial charge in [0.25, 0.3) is 0 Å². The maximum absolute atomic E-state index is 12.2. The van der Waals surface area contributed by atoms with E-state index in [0.717, 1.165) is 12.1 Å². The molecular weight excluding hydrogens is 325 g/mol. The van der Waals surface area contributed by atoms with Gasteiger partial charge in [0.15, 0.2) is 0 Å². The second-order valence-corrected chi connectivity index (χ2v) is 3.84. The Bertz CT molecular complexity index is 338. The van der Waals surface area contributed by atoms with Gasteiger partial charge in [0.2, 0.25) is 0 Å². The molecule has 0 N–H and O–H groups in total. The fourth-order valence-corrected chi connectivity index (χ4v) is 1.41.